The molecule has 0 amide bonds. The molecule has 1 heterocycles. The van der Waals surface area contributed by atoms with Gasteiger partial charge in [0.2, 0.25) is 0 Å². The second kappa shape index (κ2) is 1.67. The molecule has 1 unspecified atom stereocenters. The number of nitrogens with zero attached hydrogens (tertiary/aromatic N) is 1. The van der Waals surface area contributed by atoms with Gasteiger partial charge in [0.25, 0.3) is 0 Å². The molecule has 2 aliphatic rings. The number of hydrogen-bond acceptors (Lipinski definition) is 1. The molecule has 1 heteroatoms. The van der Waals surface area contributed by atoms with Gasteiger partial charge in [-0.25, -0.2) is 0 Å². The maximum absolute atomic E-state index is 2.45. The van der Waals surface area contributed by atoms with Crippen LogP contribution >= 0.6 is 0 Å². The number of hydrogen-bond donors (Lipinski definition) is 0. The van der Waals surface area contributed by atoms with E-state index in [2.05, 4.69) is 36.2 Å². The van der Waals surface area contributed by atoms with Crippen molar-refractivity contribution < 1.29 is 0 Å². The van der Waals surface area contributed by atoms with E-state index >= 15 is 0 Å². The zero-order chi connectivity index (χ0) is 7.42. The van der Waals surface area contributed by atoms with E-state index in [1.165, 1.54) is 6.42 Å². The van der Waals surface area contributed by atoms with Crippen LogP contribution in [0.25, 0.3) is 0 Å². The van der Waals surface area contributed by atoms with Crippen LogP contribution in [-0.4, -0.2) is 18.0 Å². The molecule has 1 nitrogen and oxygen atoms in total. The maximum Gasteiger partial charge on any atom is 0.0510 e. The lowest BCUT2D eigenvalue weighted by Crippen LogP contribution is -2.00. The Bertz CT molecular complexity index is 305. The van der Waals surface area contributed by atoms with E-state index in [9.17, 15) is 0 Å². The van der Waals surface area contributed by atoms with Crippen molar-refractivity contribution in [1.82, 2.24) is 4.90 Å². The zero-order valence-electron chi connectivity index (χ0n) is 6.62. The molecular weight excluding hydrogens is 134 g/mol. The molecule has 11 heavy (non-hydrogen) atoms. The van der Waals surface area contributed by atoms with Crippen LogP contribution in [0.15, 0.2) is 24.3 Å². The van der Waals surface area contributed by atoms with Gasteiger partial charge >= 0.3 is 0 Å². The fourth-order valence-electron chi connectivity index (χ4n) is 2.32. The lowest BCUT2D eigenvalue weighted by atomic mass is 10.1. The van der Waals surface area contributed by atoms with Crippen LogP contribution in [0, 0.1) is 0 Å². The van der Waals surface area contributed by atoms with Crippen molar-refractivity contribution in [3.63, 3.8) is 0 Å². The molecule has 0 N–H and O–H groups in total. The Morgan fingerprint density at radius 2 is 2.18 bits per heavy atom. The predicted molar refractivity (Wildman–Crippen MR) is 44.4 cm³/mol. The van der Waals surface area contributed by atoms with E-state index in [1.54, 1.807) is 11.1 Å². The van der Waals surface area contributed by atoms with Gasteiger partial charge in [-0.1, -0.05) is 24.3 Å². The minimum Gasteiger partial charge on any atom is -0.293 e. The van der Waals surface area contributed by atoms with Crippen molar-refractivity contribution in [3.8, 4) is 0 Å². The standard InChI is InChI=1S/C10H11N/c1-11-9-6-7-4-2-3-5-8(7)10(9)11/h2-5,9-10H,6H2,1H3/t9-,10+,11?/m1/s1. The highest BCUT2D eigenvalue weighted by atomic mass is 15.3. The average Bonchev–Trinajstić information content (AvgIpc) is 2.55. The van der Waals surface area contributed by atoms with Crippen LogP contribution in [0.2, 0.25) is 0 Å². The molecule has 1 aliphatic heterocycles. The SMILES string of the molecule is CN1[C@@H]2Cc3ccccc3[C@@H]21. The third kappa shape index (κ3) is 0.596. The van der Waals surface area contributed by atoms with Crippen molar-refractivity contribution in [1.29, 1.82) is 0 Å². The smallest absolute Gasteiger partial charge is 0.0510 e. The molecule has 1 aromatic carbocycles. The van der Waals surface area contributed by atoms with E-state index in [0.717, 1.165) is 12.1 Å². The van der Waals surface area contributed by atoms with Crippen LogP contribution in [0.4, 0.5) is 0 Å². The summed E-state index contributed by atoms with van der Waals surface area (Å²) < 4.78 is 0. The Morgan fingerprint density at radius 1 is 1.36 bits per heavy atom. The van der Waals surface area contributed by atoms with Gasteiger partial charge in [-0.2, -0.15) is 0 Å². The first kappa shape index (κ1) is 5.78. The van der Waals surface area contributed by atoms with Crippen LogP contribution in [-0.2, 0) is 6.42 Å². The monoisotopic (exact) mass is 145 g/mol. The van der Waals surface area contributed by atoms with Gasteiger partial charge in [-0.15, -0.1) is 0 Å². The van der Waals surface area contributed by atoms with Crippen molar-refractivity contribution >= 4 is 0 Å². The van der Waals surface area contributed by atoms with Gasteiger partial charge in [0.15, 0.2) is 0 Å². The molecule has 0 saturated carbocycles. The molecule has 0 spiro atoms. The van der Waals surface area contributed by atoms with E-state index in [0.29, 0.717) is 0 Å². The van der Waals surface area contributed by atoms with E-state index in [1.807, 2.05) is 0 Å². The molecule has 3 atom stereocenters. The van der Waals surface area contributed by atoms with E-state index in [4.69, 9.17) is 0 Å². The van der Waals surface area contributed by atoms with Crippen LogP contribution in [0.5, 0.6) is 0 Å². The van der Waals surface area contributed by atoms with Crippen LogP contribution in [0.3, 0.4) is 0 Å². The molecule has 56 valence electrons. The Labute approximate surface area is 66.6 Å². The minimum absolute atomic E-state index is 0.770. The second-order valence-electron chi connectivity index (χ2n) is 3.58. The summed E-state index contributed by atoms with van der Waals surface area (Å²) in [6.07, 6.45) is 1.28. The third-order valence-corrected chi connectivity index (χ3v) is 3.04. The largest absolute Gasteiger partial charge is 0.293 e. The first-order valence-electron chi connectivity index (χ1n) is 4.17. The number of rotatable bonds is 0. The van der Waals surface area contributed by atoms with Gasteiger partial charge in [0.1, 0.15) is 0 Å². The van der Waals surface area contributed by atoms with Crippen molar-refractivity contribution in [2.24, 2.45) is 0 Å². The Hall–Kier alpha value is -0.820. The first-order valence-corrected chi connectivity index (χ1v) is 4.17. The first-order chi connectivity index (χ1) is 5.38. The van der Waals surface area contributed by atoms with Crippen molar-refractivity contribution in [2.45, 2.75) is 18.5 Å². The zero-order valence-corrected chi connectivity index (χ0v) is 6.62. The molecule has 1 aliphatic carbocycles. The third-order valence-electron chi connectivity index (χ3n) is 3.04. The molecular formula is C10H11N. The summed E-state index contributed by atoms with van der Waals surface area (Å²) >= 11 is 0. The Kier molecular flexibility index (Phi) is 0.878. The topological polar surface area (TPSA) is 3.01 Å². The maximum atomic E-state index is 2.45. The minimum atomic E-state index is 0.770. The summed E-state index contributed by atoms with van der Waals surface area (Å²) in [5, 5.41) is 0. The number of benzene rings is 1. The highest BCUT2D eigenvalue weighted by Gasteiger charge is 2.50. The molecule has 1 saturated heterocycles. The second-order valence-corrected chi connectivity index (χ2v) is 3.58. The van der Waals surface area contributed by atoms with Crippen molar-refractivity contribution in [2.75, 3.05) is 7.05 Å². The summed E-state index contributed by atoms with van der Waals surface area (Å²) in [5.41, 5.74) is 3.14. The van der Waals surface area contributed by atoms with Gasteiger partial charge in [0.05, 0.1) is 6.04 Å². The highest BCUT2D eigenvalue weighted by Crippen LogP contribution is 2.50. The summed E-state index contributed by atoms with van der Waals surface area (Å²) in [5.74, 6) is 0. The number of likely N-dealkylation sites (N-methyl/N-ethyl adjacent to an activating group) is 1. The number of fused-ring (bicyclic) bond motifs is 3. The Balaban J connectivity index is 2.13. The van der Waals surface area contributed by atoms with Gasteiger partial charge in [0, 0.05) is 6.04 Å². The summed E-state index contributed by atoms with van der Waals surface area (Å²) in [7, 11) is 2.21. The summed E-state index contributed by atoms with van der Waals surface area (Å²) in [4.78, 5) is 2.45. The average molecular weight is 145 g/mol. The quantitative estimate of drug-likeness (QED) is 0.501. The van der Waals surface area contributed by atoms with Crippen LogP contribution in [0.1, 0.15) is 17.2 Å². The highest BCUT2D eigenvalue weighted by molar-refractivity contribution is 5.42. The molecule has 0 bridgehead atoms. The fourth-order valence-corrected chi connectivity index (χ4v) is 2.32. The van der Waals surface area contributed by atoms with E-state index < -0.39 is 0 Å². The van der Waals surface area contributed by atoms with E-state index in [-0.39, 0.29) is 0 Å². The lowest BCUT2D eigenvalue weighted by molar-refractivity contribution is 0.568. The van der Waals surface area contributed by atoms with Gasteiger partial charge < -0.3 is 0 Å². The fraction of sp³-hybridized carbons (Fsp3) is 0.400. The van der Waals surface area contributed by atoms with Crippen molar-refractivity contribution in [3.05, 3.63) is 35.4 Å². The molecule has 1 aromatic rings. The van der Waals surface area contributed by atoms with Gasteiger partial charge in [-0.05, 0) is 24.6 Å². The van der Waals surface area contributed by atoms with Crippen LogP contribution < -0.4 is 0 Å². The predicted octanol–water partition coefficient (Wildman–Crippen LogP) is 1.60. The van der Waals surface area contributed by atoms with Gasteiger partial charge in [-0.3, -0.25) is 4.90 Å². The summed E-state index contributed by atoms with van der Waals surface area (Å²) in [6.45, 7) is 0. The summed E-state index contributed by atoms with van der Waals surface area (Å²) in [6, 6.07) is 10.4. The molecule has 0 aromatic heterocycles. The normalized spacial score (nSPS) is 38.1. The molecule has 0 radical (unpaired) electrons. The Morgan fingerprint density at radius 3 is 3.09 bits per heavy atom. The molecule has 3 rings (SSSR count). The molecule has 1 fully saturated rings. The lowest BCUT2D eigenvalue weighted by Gasteiger charge is -2.04.